The Morgan fingerprint density at radius 1 is 0.597 bits per heavy atom. The van der Waals surface area contributed by atoms with Gasteiger partial charge in [0, 0.05) is 24.0 Å². The Balaban J connectivity index is 0.820. The minimum Gasteiger partial charge on any atom is -0.369 e. The van der Waals surface area contributed by atoms with Crippen LogP contribution in [-0.2, 0) is 28.7 Å². The number of halogens is 4. The van der Waals surface area contributed by atoms with Crippen LogP contribution < -0.4 is 10.6 Å². The second-order valence-corrected chi connectivity index (χ2v) is 16.4. The summed E-state index contributed by atoms with van der Waals surface area (Å²) in [5, 5.41) is 5.72. The lowest BCUT2D eigenvalue weighted by Gasteiger charge is -2.27. The van der Waals surface area contributed by atoms with Gasteiger partial charge in [0.05, 0.1) is 49.8 Å². The second kappa shape index (κ2) is 19.1. The fraction of sp³-hybridized carbons (Fsp3) is 0.435. The zero-order chi connectivity index (χ0) is 43.3. The number of amides is 4. The van der Waals surface area contributed by atoms with Crippen LogP contribution in [0.2, 0.25) is 0 Å². The number of hydrogen-bond acceptors (Lipinski definition) is 8. The van der Waals surface area contributed by atoms with Crippen LogP contribution in [-0.4, -0.2) is 107 Å². The van der Waals surface area contributed by atoms with Gasteiger partial charge in [0.2, 0.25) is 35.5 Å². The fourth-order valence-electron chi connectivity index (χ4n) is 8.28. The number of alkyl halides is 2. The highest BCUT2D eigenvalue weighted by atomic mass is 19.1. The standard InChI is InChI=1S/C46H48F4N6O6/c47-31-21-37(45(59)53-41(29-7-3-1-4-8-29)35-17-15-33(27-11-12-27)43(49)51-35)55(23-31)39(57)25-61-19-20-62-26-40(58)56-24-32(48)22-38(56)46(60)54-42(30-9-5-2-6-10-30)36-18-16-34(28-13-14-28)44(50)52-36/h1-10,15-18,27-28,31-32,37-38,41-42H,11-14,19-26H2,(H,53,59)(H,54,60)/t31-,32-,37+,38+,41+,42+/m1/s1. The second-order valence-electron chi connectivity index (χ2n) is 16.4. The minimum absolute atomic E-state index is 0.138. The maximum Gasteiger partial charge on any atom is 0.249 e. The van der Waals surface area contributed by atoms with E-state index < -0.39 is 85.2 Å². The van der Waals surface area contributed by atoms with Gasteiger partial charge in [0.25, 0.3) is 0 Å². The van der Waals surface area contributed by atoms with Gasteiger partial charge in [0.15, 0.2) is 0 Å². The van der Waals surface area contributed by atoms with Crippen LogP contribution in [0.25, 0.3) is 0 Å². The van der Waals surface area contributed by atoms with E-state index in [1.54, 1.807) is 84.9 Å². The summed E-state index contributed by atoms with van der Waals surface area (Å²) in [7, 11) is 0. The SMILES string of the molecule is O=C(N[C@@H](c1ccccc1)c1ccc(C2CC2)c(F)n1)[C@@H]1C[C@@H](F)CN1C(=O)COCCOCC(=O)N1C[C@H](F)C[C@H]1C(=O)N[C@@H](c1ccccc1)c1ccc(C2CC2)c(F)n1. The Morgan fingerprint density at radius 2 is 0.984 bits per heavy atom. The van der Waals surface area contributed by atoms with E-state index in [2.05, 4.69) is 20.6 Å². The Bertz CT molecular complexity index is 2090. The van der Waals surface area contributed by atoms with E-state index in [1.165, 1.54) is 0 Å². The molecule has 2 saturated heterocycles. The molecule has 2 aromatic carbocycles. The van der Waals surface area contributed by atoms with Crippen LogP contribution in [0, 0.1) is 11.9 Å². The van der Waals surface area contributed by atoms with Gasteiger partial charge in [-0.25, -0.2) is 18.7 Å². The van der Waals surface area contributed by atoms with E-state index in [0.717, 1.165) is 35.5 Å². The molecule has 4 aromatic rings. The zero-order valence-corrected chi connectivity index (χ0v) is 33.9. The number of rotatable bonds is 17. The fourth-order valence-corrected chi connectivity index (χ4v) is 8.28. The first-order chi connectivity index (χ1) is 30.0. The highest BCUT2D eigenvalue weighted by Crippen LogP contribution is 2.42. The lowest BCUT2D eigenvalue weighted by molar-refractivity contribution is -0.144. The van der Waals surface area contributed by atoms with Crippen LogP contribution in [0.5, 0.6) is 0 Å². The number of carbonyl (C=O) groups is 4. The van der Waals surface area contributed by atoms with E-state index in [4.69, 9.17) is 9.47 Å². The van der Waals surface area contributed by atoms with Gasteiger partial charge < -0.3 is 29.9 Å². The van der Waals surface area contributed by atoms with Gasteiger partial charge in [-0.15, -0.1) is 0 Å². The molecule has 4 amide bonds. The number of nitrogens with zero attached hydrogens (tertiary/aromatic N) is 4. The molecule has 8 rings (SSSR count). The van der Waals surface area contributed by atoms with Crippen molar-refractivity contribution in [2.45, 2.75) is 86.9 Å². The third kappa shape index (κ3) is 10.1. The van der Waals surface area contributed by atoms with E-state index in [-0.39, 0.29) is 62.4 Å². The molecule has 12 nitrogen and oxygen atoms in total. The Morgan fingerprint density at radius 3 is 1.34 bits per heavy atom. The molecule has 62 heavy (non-hydrogen) atoms. The number of likely N-dealkylation sites (tertiary alicyclic amines) is 2. The van der Waals surface area contributed by atoms with Crippen molar-refractivity contribution < 1.29 is 46.2 Å². The van der Waals surface area contributed by atoms with Crippen molar-refractivity contribution in [3.8, 4) is 0 Å². The molecule has 2 aliphatic heterocycles. The lowest BCUT2D eigenvalue weighted by Crippen LogP contribution is -2.48. The summed E-state index contributed by atoms with van der Waals surface area (Å²) < 4.78 is 70.5. The number of benzene rings is 2. The van der Waals surface area contributed by atoms with Crippen molar-refractivity contribution >= 4 is 23.6 Å². The summed E-state index contributed by atoms with van der Waals surface area (Å²) >= 11 is 0. The smallest absolute Gasteiger partial charge is 0.249 e. The highest BCUT2D eigenvalue weighted by Gasteiger charge is 2.42. The summed E-state index contributed by atoms with van der Waals surface area (Å²) in [5.41, 5.74) is 2.86. The lowest BCUT2D eigenvalue weighted by atomic mass is 10.0. The predicted octanol–water partition coefficient (Wildman–Crippen LogP) is 5.53. The van der Waals surface area contributed by atoms with Crippen LogP contribution >= 0.6 is 0 Å². The summed E-state index contributed by atoms with van der Waals surface area (Å²) in [4.78, 5) is 64.4. The number of hydrogen-bond donors (Lipinski definition) is 2. The van der Waals surface area contributed by atoms with Gasteiger partial charge >= 0.3 is 0 Å². The molecule has 16 heteroatoms. The molecule has 326 valence electrons. The average molecular weight is 857 g/mol. The van der Waals surface area contributed by atoms with Gasteiger partial charge in [-0.1, -0.05) is 72.8 Å². The number of carbonyl (C=O) groups excluding carboxylic acids is 4. The predicted molar refractivity (Wildman–Crippen MR) is 217 cm³/mol. The summed E-state index contributed by atoms with van der Waals surface area (Å²) in [6, 6.07) is 20.4. The quantitative estimate of drug-likeness (QED) is 0.0803. The van der Waals surface area contributed by atoms with Crippen molar-refractivity contribution in [3.63, 3.8) is 0 Å². The largest absolute Gasteiger partial charge is 0.369 e. The van der Waals surface area contributed by atoms with E-state index in [1.807, 2.05) is 0 Å². The number of ether oxygens (including phenoxy) is 2. The maximum atomic E-state index is 15.0. The van der Waals surface area contributed by atoms with E-state index >= 15 is 8.78 Å². The van der Waals surface area contributed by atoms with Crippen molar-refractivity contribution in [2.24, 2.45) is 0 Å². The van der Waals surface area contributed by atoms with E-state index in [9.17, 15) is 28.0 Å². The molecule has 2 aliphatic carbocycles. The van der Waals surface area contributed by atoms with Crippen LogP contribution in [0.3, 0.4) is 0 Å². The molecule has 0 unspecified atom stereocenters. The molecule has 2 aromatic heterocycles. The molecule has 2 saturated carbocycles. The number of aromatic nitrogens is 2. The summed E-state index contributed by atoms with van der Waals surface area (Å²) in [6.45, 7) is -1.95. The Hall–Kier alpha value is -5.74. The molecule has 2 N–H and O–H groups in total. The molecule has 4 heterocycles. The third-order valence-corrected chi connectivity index (χ3v) is 11.8. The molecular weight excluding hydrogens is 809 g/mol. The Labute approximate surface area is 356 Å². The van der Waals surface area contributed by atoms with Crippen LogP contribution in [0.15, 0.2) is 84.9 Å². The average Bonchev–Trinajstić information content (AvgIpc) is 4.22. The normalized spacial score (nSPS) is 22.0. The molecular formula is C46H48F4N6O6. The third-order valence-electron chi connectivity index (χ3n) is 11.8. The molecule has 4 aliphatic rings. The van der Waals surface area contributed by atoms with Crippen LogP contribution in [0.1, 0.15) is 96.1 Å². The summed E-state index contributed by atoms with van der Waals surface area (Å²) in [6.07, 6.45) is 0.168. The number of pyridine rings is 2. The van der Waals surface area contributed by atoms with Gasteiger partial charge in [0.1, 0.15) is 37.6 Å². The molecule has 0 spiro atoms. The minimum atomic E-state index is -1.46. The van der Waals surface area contributed by atoms with Gasteiger partial charge in [-0.05, 0) is 60.8 Å². The zero-order valence-electron chi connectivity index (χ0n) is 33.9. The first-order valence-electron chi connectivity index (χ1n) is 21.1. The molecule has 6 atom stereocenters. The first kappa shape index (κ1) is 42.9. The molecule has 4 fully saturated rings. The van der Waals surface area contributed by atoms with Crippen molar-refractivity contribution in [1.29, 1.82) is 0 Å². The molecule has 0 radical (unpaired) electrons. The molecule has 0 bridgehead atoms. The van der Waals surface area contributed by atoms with Gasteiger partial charge in [-0.3, -0.25) is 19.2 Å². The first-order valence-corrected chi connectivity index (χ1v) is 21.1. The maximum absolute atomic E-state index is 15.0. The summed E-state index contributed by atoms with van der Waals surface area (Å²) in [5.74, 6) is -3.45. The van der Waals surface area contributed by atoms with Crippen molar-refractivity contribution in [3.05, 3.63) is 130 Å². The Kier molecular flexibility index (Phi) is 13.2. The monoisotopic (exact) mass is 856 g/mol. The van der Waals surface area contributed by atoms with E-state index in [0.29, 0.717) is 22.3 Å². The highest BCUT2D eigenvalue weighted by molar-refractivity contribution is 5.90. The topological polar surface area (TPSA) is 143 Å². The van der Waals surface area contributed by atoms with Gasteiger partial charge in [-0.2, -0.15) is 8.78 Å². The van der Waals surface area contributed by atoms with Crippen molar-refractivity contribution in [1.82, 2.24) is 30.4 Å². The number of nitrogens with one attached hydrogen (secondary N) is 2. The van der Waals surface area contributed by atoms with Crippen molar-refractivity contribution in [2.75, 3.05) is 39.5 Å². The van der Waals surface area contributed by atoms with Crippen LogP contribution in [0.4, 0.5) is 17.6 Å².